The van der Waals surface area contributed by atoms with Crippen molar-refractivity contribution >= 4 is 5.97 Å². The van der Waals surface area contributed by atoms with E-state index >= 15 is 0 Å². The molecule has 1 aliphatic rings. The lowest BCUT2D eigenvalue weighted by molar-refractivity contribution is -0.140. The topological polar surface area (TPSA) is 44.8 Å². The Morgan fingerprint density at radius 1 is 1.11 bits per heavy atom. The Kier molecular flexibility index (Phi) is 12.1. The van der Waals surface area contributed by atoms with Crippen molar-refractivity contribution in [3.8, 4) is 0 Å². The zero-order chi connectivity index (χ0) is 14.3. The lowest BCUT2D eigenvalue weighted by atomic mass is 10.2. The van der Waals surface area contributed by atoms with Gasteiger partial charge in [-0.05, 0) is 13.8 Å². The standard InChI is InChI=1S/C7H8.2C4H8O2/c1-7-5-3-2-4-6-7;1-2-6-4-3-5-1;1-3-6-4(2)5/h2-6H,1H3;1-4H2;3H2,1-2H3. The van der Waals surface area contributed by atoms with Gasteiger partial charge in [-0.15, -0.1) is 0 Å². The highest BCUT2D eigenvalue weighted by molar-refractivity contribution is 5.65. The number of ether oxygens (including phenoxy) is 3. The summed E-state index contributed by atoms with van der Waals surface area (Å²) >= 11 is 0. The first-order valence-corrected chi connectivity index (χ1v) is 6.47. The Labute approximate surface area is 115 Å². The van der Waals surface area contributed by atoms with Crippen LogP contribution in [0.25, 0.3) is 0 Å². The van der Waals surface area contributed by atoms with Crippen LogP contribution in [0.2, 0.25) is 0 Å². The Hall–Kier alpha value is -1.39. The molecule has 1 aromatic carbocycles. The van der Waals surface area contributed by atoms with Crippen LogP contribution in [0.15, 0.2) is 30.3 Å². The maximum atomic E-state index is 9.82. The van der Waals surface area contributed by atoms with Crippen molar-refractivity contribution in [2.45, 2.75) is 20.8 Å². The van der Waals surface area contributed by atoms with Crippen LogP contribution in [0.3, 0.4) is 0 Å². The smallest absolute Gasteiger partial charge is 0.302 e. The van der Waals surface area contributed by atoms with Gasteiger partial charge in [-0.25, -0.2) is 0 Å². The molecule has 1 saturated heterocycles. The van der Waals surface area contributed by atoms with Crippen molar-refractivity contribution in [3.05, 3.63) is 35.9 Å². The molecule has 0 aromatic heterocycles. The molecule has 0 amide bonds. The van der Waals surface area contributed by atoms with E-state index in [0.717, 1.165) is 26.4 Å². The molecule has 1 fully saturated rings. The maximum absolute atomic E-state index is 9.82. The zero-order valence-electron chi connectivity index (χ0n) is 12.1. The number of carbonyl (C=O) groups excluding carboxylic acids is 1. The van der Waals surface area contributed by atoms with Crippen LogP contribution in [-0.2, 0) is 19.0 Å². The van der Waals surface area contributed by atoms with E-state index in [-0.39, 0.29) is 5.97 Å². The minimum atomic E-state index is -0.211. The van der Waals surface area contributed by atoms with Crippen molar-refractivity contribution < 1.29 is 19.0 Å². The summed E-state index contributed by atoms with van der Waals surface area (Å²) in [6.45, 7) is 8.85. The summed E-state index contributed by atoms with van der Waals surface area (Å²) in [5.41, 5.74) is 1.32. The molecule has 0 atom stereocenters. The average molecular weight is 268 g/mol. The molecule has 0 radical (unpaired) electrons. The molecular formula is C15H24O4. The minimum absolute atomic E-state index is 0.211. The van der Waals surface area contributed by atoms with E-state index in [0.29, 0.717) is 6.61 Å². The molecule has 4 heteroatoms. The van der Waals surface area contributed by atoms with Crippen molar-refractivity contribution in [1.29, 1.82) is 0 Å². The first-order valence-electron chi connectivity index (χ1n) is 6.47. The van der Waals surface area contributed by atoms with Crippen LogP contribution in [0.5, 0.6) is 0 Å². The van der Waals surface area contributed by atoms with E-state index < -0.39 is 0 Å². The number of hydrogen-bond donors (Lipinski definition) is 0. The summed E-state index contributed by atoms with van der Waals surface area (Å²) in [4.78, 5) is 9.82. The predicted octanol–water partition coefficient (Wildman–Crippen LogP) is 2.60. The fraction of sp³-hybridized carbons (Fsp3) is 0.533. The van der Waals surface area contributed by atoms with Gasteiger partial charge in [0.05, 0.1) is 33.0 Å². The summed E-state index contributed by atoms with van der Waals surface area (Å²) in [6, 6.07) is 10.3. The lowest BCUT2D eigenvalue weighted by Gasteiger charge is -2.09. The molecule has 0 saturated carbocycles. The van der Waals surface area contributed by atoms with Gasteiger partial charge in [-0.3, -0.25) is 4.79 Å². The molecule has 0 bridgehead atoms. The zero-order valence-corrected chi connectivity index (χ0v) is 12.1. The van der Waals surface area contributed by atoms with E-state index in [1.807, 2.05) is 18.2 Å². The van der Waals surface area contributed by atoms with E-state index in [2.05, 4.69) is 23.8 Å². The van der Waals surface area contributed by atoms with Gasteiger partial charge in [0, 0.05) is 6.92 Å². The highest BCUT2D eigenvalue weighted by Gasteiger charge is 1.94. The monoisotopic (exact) mass is 268 g/mol. The largest absolute Gasteiger partial charge is 0.466 e. The first-order chi connectivity index (χ1) is 9.16. The number of hydrogen-bond acceptors (Lipinski definition) is 4. The predicted molar refractivity (Wildman–Crippen MR) is 75.1 cm³/mol. The fourth-order valence-corrected chi connectivity index (χ4v) is 1.18. The summed E-state index contributed by atoms with van der Waals surface area (Å²) in [7, 11) is 0. The van der Waals surface area contributed by atoms with Gasteiger partial charge in [0.1, 0.15) is 0 Å². The van der Waals surface area contributed by atoms with Crippen LogP contribution < -0.4 is 0 Å². The second-order valence-corrected chi connectivity index (χ2v) is 3.80. The maximum Gasteiger partial charge on any atom is 0.302 e. The van der Waals surface area contributed by atoms with Crippen molar-refractivity contribution in [2.24, 2.45) is 0 Å². The van der Waals surface area contributed by atoms with Crippen LogP contribution in [0.4, 0.5) is 0 Å². The van der Waals surface area contributed by atoms with Crippen LogP contribution in [-0.4, -0.2) is 39.0 Å². The molecule has 0 unspecified atom stereocenters. The van der Waals surface area contributed by atoms with Crippen LogP contribution in [0.1, 0.15) is 19.4 Å². The van der Waals surface area contributed by atoms with Gasteiger partial charge in [0.25, 0.3) is 0 Å². The van der Waals surface area contributed by atoms with Crippen molar-refractivity contribution in [3.63, 3.8) is 0 Å². The first kappa shape index (κ1) is 17.6. The summed E-state index contributed by atoms with van der Waals surface area (Å²) < 4.78 is 14.3. The SMILES string of the molecule is C1COCCO1.CCOC(C)=O.Cc1ccccc1. The minimum Gasteiger partial charge on any atom is -0.466 e. The molecule has 1 heterocycles. The number of rotatable bonds is 1. The van der Waals surface area contributed by atoms with Crippen LogP contribution in [0, 0.1) is 6.92 Å². The molecule has 4 nitrogen and oxygen atoms in total. The fourth-order valence-electron chi connectivity index (χ4n) is 1.18. The number of carbonyl (C=O) groups is 1. The number of esters is 1. The summed E-state index contributed by atoms with van der Waals surface area (Å²) in [5.74, 6) is -0.211. The molecule has 1 aliphatic heterocycles. The molecule has 0 N–H and O–H groups in total. The molecule has 108 valence electrons. The van der Waals surface area contributed by atoms with Gasteiger partial charge < -0.3 is 14.2 Å². The average Bonchev–Trinajstić information content (AvgIpc) is 2.43. The third kappa shape index (κ3) is 14.6. The van der Waals surface area contributed by atoms with Gasteiger partial charge >= 0.3 is 5.97 Å². The lowest BCUT2D eigenvalue weighted by Crippen LogP contribution is -2.16. The quantitative estimate of drug-likeness (QED) is 0.734. The summed E-state index contributed by atoms with van der Waals surface area (Å²) in [6.07, 6.45) is 0. The number of benzene rings is 1. The second kappa shape index (κ2) is 13.1. The Balaban J connectivity index is 0.000000257. The molecule has 0 aliphatic carbocycles. The van der Waals surface area contributed by atoms with Gasteiger partial charge in [-0.2, -0.15) is 0 Å². The molecule has 1 aromatic rings. The number of aryl methyl sites for hydroxylation is 1. The van der Waals surface area contributed by atoms with Gasteiger partial charge in [0.15, 0.2) is 0 Å². The third-order valence-corrected chi connectivity index (χ3v) is 2.03. The van der Waals surface area contributed by atoms with E-state index in [9.17, 15) is 4.79 Å². The molecule has 0 spiro atoms. The van der Waals surface area contributed by atoms with E-state index in [1.165, 1.54) is 12.5 Å². The van der Waals surface area contributed by atoms with Crippen LogP contribution >= 0.6 is 0 Å². The van der Waals surface area contributed by atoms with Crippen molar-refractivity contribution in [1.82, 2.24) is 0 Å². The van der Waals surface area contributed by atoms with E-state index in [4.69, 9.17) is 9.47 Å². The third-order valence-electron chi connectivity index (χ3n) is 2.03. The Bertz CT molecular complexity index is 296. The molecule has 2 rings (SSSR count). The Morgan fingerprint density at radius 2 is 1.58 bits per heavy atom. The van der Waals surface area contributed by atoms with Gasteiger partial charge in [-0.1, -0.05) is 35.9 Å². The van der Waals surface area contributed by atoms with Crippen molar-refractivity contribution in [2.75, 3.05) is 33.0 Å². The van der Waals surface area contributed by atoms with Gasteiger partial charge in [0.2, 0.25) is 0 Å². The van der Waals surface area contributed by atoms with E-state index in [1.54, 1.807) is 6.92 Å². The second-order valence-electron chi connectivity index (χ2n) is 3.80. The molecular weight excluding hydrogens is 244 g/mol. The highest BCUT2D eigenvalue weighted by atomic mass is 16.6. The normalized spacial score (nSPS) is 13.2. The highest BCUT2D eigenvalue weighted by Crippen LogP contribution is 1.92. The Morgan fingerprint density at radius 3 is 1.74 bits per heavy atom. The molecule has 19 heavy (non-hydrogen) atoms. The summed E-state index contributed by atoms with van der Waals surface area (Å²) in [5, 5.41) is 0.